The van der Waals surface area contributed by atoms with Crippen molar-refractivity contribution in [1.82, 2.24) is 20.1 Å². The number of H-pyrrole nitrogens is 1. The van der Waals surface area contributed by atoms with Crippen LogP contribution < -0.4 is 0 Å². The highest BCUT2D eigenvalue weighted by Crippen LogP contribution is 2.15. The summed E-state index contributed by atoms with van der Waals surface area (Å²) in [5.74, 6) is 1.40. The summed E-state index contributed by atoms with van der Waals surface area (Å²) in [7, 11) is 1.69. The van der Waals surface area contributed by atoms with Gasteiger partial charge >= 0.3 is 0 Å². The Hall–Kier alpha value is -1.63. The van der Waals surface area contributed by atoms with Crippen molar-refractivity contribution < 1.29 is 9.21 Å². The van der Waals surface area contributed by atoms with E-state index in [0.717, 1.165) is 18.7 Å². The monoisotopic (exact) mass is 326 g/mol. The van der Waals surface area contributed by atoms with Crippen LogP contribution in [0.15, 0.2) is 21.2 Å². The number of aryl methyl sites for hydroxylation is 1. The summed E-state index contributed by atoms with van der Waals surface area (Å²) in [5, 5.41) is 6.71. The van der Waals surface area contributed by atoms with Crippen LogP contribution in [-0.2, 0) is 13.0 Å². The molecule has 0 atom stereocenters. The van der Waals surface area contributed by atoms with E-state index in [4.69, 9.17) is 4.42 Å². The highest BCUT2D eigenvalue weighted by molar-refractivity contribution is 9.10. The molecule has 102 valence electrons. The van der Waals surface area contributed by atoms with Crippen molar-refractivity contribution in [1.29, 1.82) is 0 Å². The van der Waals surface area contributed by atoms with Gasteiger partial charge in [0.1, 0.15) is 11.6 Å². The van der Waals surface area contributed by atoms with Crippen LogP contribution in [0.25, 0.3) is 0 Å². The Morgan fingerprint density at radius 2 is 2.32 bits per heavy atom. The van der Waals surface area contributed by atoms with Gasteiger partial charge in [-0.05, 0) is 34.5 Å². The van der Waals surface area contributed by atoms with Crippen molar-refractivity contribution in [3.8, 4) is 0 Å². The molecule has 2 aromatic heterocycles. The first-order valence-electron chi connectivity index (χ1n) is 6.01. The summed E-state index contributed by atoms with van der Waals surface area (Å²) in [6.45, 7) is 2.42. The first kappa shape index (κ1) is 13.8. The number of hydrogen-bond acceptors (Lipinski definition) is 4. The molecular formula is C12H15BrN4O2. The first-order chi connectivity index (χ1) is 9.10. The van der Waals surface area contributed by atoms with Crippen LogP contribution >= 0.6 is 15.9 Å². The molecule has 0 aliphatic heterocycles. The number of carbonyl (C=O) groups excluding carboxylic acids is 1. The second-order valence-corrected chi connectivity index (χ2v) is 5.00. The van der Waals surface area contributed by atoms with Crippen LogP contribution in [0.2, 0.25) is 0 Å². The molecule has 0 saturated carbocycles. The number of nitrogens with zero attached hydrogens (tertiary/aromatic N) is 3. The predicted molar refractivity (Wildman–Crippen MR) is 72.6 cm³/mol. The number of rotatable bonds is 5. The maximum Gasteiger partial charge on any atom is 0.293 e. The fourth-order valence-corrected chi connectivity index (χ4v) is 1.99. The minimum absolute atomic E-state index is 0.191. The van der Waals surface area contributed by atoms with Crippen molar-refractivity contribution in [2.75, 3.05) is 7.05 Å². The zero-order valence-electron chi connectivity index (χ0n) is 10.8. The number of aromatic amines is 1. The molecule has 7 heteroatoms. The first-order valence-corrected chi connectivity index (χ1v) is 6.80. The third kappa shape index (κ3) is 3.44. The van der Waals surface area contributed by atoms with E-state index in [-0.39, 0.29) is 11.7 Å². The minimum Gasteiger partial charge on any atom is -0.452 e. The van der Waals surface area contributed by atoms with Crippen LogP contribution in [0.1, 0.15) is 35.5 Å². The number of hydrogen-bond donors (Lipinski definition) is 1. The number of carbonyl (C=O) groups is 1. The highest BCUT2D eigenvalue weighted by atomic mass is 79.9. The summed E-state index contributed by atoms with van der Waals surface area (Å²) in [5.41, 5.74) is 0. The lowest BCUT2D eigenvalue weighted by Gasteiger charge is -2.13. The van der Waals surface area contributed by atoms with Crippen LogP contribution in [0.3, 0.4) is 0 Å². The maximum atomic E-state index is 12.1. The molecule has 19 heavy (non-hydrogen) atoms. The van der Waals surface area contributed by atoms with E-state index in [0.29, 0.717) is 17.0 Å². The quantitative estimate of drug-likeness (QED) is 0.915. The maximum absolute atomic E-state index is 12.1. The van der Waals surface area contributed by atoms with Gasteiger partial charge in [-0.1, -0.05) is 6.92 Å². The number of furan rings is 1. The zero-order valence-corrected chi connectivity index (χ0v) is 12.4. The van der Waals surface area contributed by atoms with Crippen LogP contribution in [0.4, 0.5) is 0 Å². The van der Waals surface area contributed by atoms with Crippen molar-refractivity contribution in [2.24, 2.45) is 0 Å². The van der Waals surface area contributed by atoms with Gasteiger partial charge in [0.2, 0.25) is 5.82 Å². The van der Waals surface area contributed by atoms with Gasteiger partial charge in [0.25, 0.3) is 5.91 Å². The summed E-state index contributed by atoms with van der Waals surface area (Å²) in [6.07, 6.45) is 1.74. The van der Waals surface area contributed by atoms with Crippen LogP contribution in [0.5, 0.6) is 0 Å². The predicted octanol–water partition coefficient (Wildman–Crippen LogP) is 2.38. The molecule has 0 aromatic carbocycles. The van der Waals surface area contributed by atoms with Crippen molar-refractivity contribution in [3.05, 3.63) is 34.2 Å². The number of amides is 1. The standard InChI is InChI=1S/C12H15BrN4O2/c1-3-4-10-14-11(16-15-10)12(18)17(2)7-8-5-6-9(13)19-8/h5-6H,3-4,7H2,1-2H3,(H,14,15,16). The average Bonchev–Trinajstić information content (AvgIpc) is 2.98. The Kier molecular flexibility index (Phi) is 4.36. The fraction of sp³-hybridized carbons (Fsp3) is 0.417. The lowest BCUT2D eigenvalue weighted by Crippen LogP contribution is -2.27. The Bertz CT molecular complexity index is 564. The smallest absolute Gasteiger partial charge is 0.293 e. The van der Waals surface area contributed by atoms with E-state index in [1.165, 1.54) is 4.90 Å². The Morgan fingerprint density at radius 1 is 1.53 bits per heavy atom. The third-order valence-electron chi connectivity index (χ3n) is 2.58. The van der Waals surface area contributed by atoms with Crippen molar-refractivity contribution in [3.63, 3.8) is 0 Å². The molecular weight excluding hydrogens is 312 g/mol. The number of nitrogens with one attached hydrogen (secondary N) is 1. The molecule has 2 aromatic rings. The second kappa shape index (κ2) is 6.01. The SMILES string of the molecule is CCCc1nc(C(=O)N(C)Cc2ccc(Br)o2)n[nH]1. The molecule has 0 saturated heterocycles. The summed E-state index contributed by atoms with van der Waals surface area (Å²) in [4.78, 5) is 17.8. The van der Waals surface area contributed by atoms with Gasteiger partial charge in [0.15, 0.2) is 4.67 Å². The van der Waals surface area contributed by atoms with E-state index < -0.39 is 0 Å². The molecule has 0 unspecified atom stereocenters. The van der Waals surface area contributed by atoms with Gasteiger partial charge in [-0.2, -0.15) is 0 Å². The Morgan fingerprint density at radius 3 is 2.95 bits per heavy atom. The molecule has 2 heterocycles. The Labute approximate surface area is 119 Å². The van der Waals surface area contributed by atoms with E-state index in [1.807, 2.05) is 13.0 Å². The van der Waals surface area contributed by atoms with E-state index in [9.17, 15) is 4.79 Å². The average molecular weight is 327 g/mol. The Balaban J connectivity index is 2.01. The molecule has 1 amide bonds. The van der Waals surface area contributed by atoms with Crippen molar-refractivity contribution >= 4 is 21.8 Å². The molecule has 1 N–H and O–H groups in total. The highest BCUT2D eigenvalue weighted by Gasteiger charge is 2.18. The molecule has 0 bridgehead atoms. The largest absolute Gasteiger partial charge is 0.452 e. The second-order valence-electron chi connectivity index (χ2n) is 4.22. The molecule has 0 radical (unpaired) electrons. The molecule has 0 aliphatic carbocycles. The molecule has 0 aliphatic rings. The lowest BCUT2D eigenvalue weighted by atomic mass is 10.3. The number of aromatic nitrogens is 3. The van der Waals surface area contributed by atoms with Crippen molar-refractivity contribution in [2.45, 2.75) is 26.3 Å². The normalized spacial score (nSPS) is 10.7. The van der Waals surface area contributed by atoms with Gasteiger partial charge in [-0.15, -0.1) is 5.10 Å². The lowest BCUT2D eigenvalue weighted by molar-refractivity contribution is 0.0763. The molecule has 0 fully saturated rings. The van der Waals surface area contributed by atoms with Crippen LogP contribution in [0, 0.1) is 0 Å². The number of halogens is 1. The molecule has 0 spiro atoms. The van der Waals surface area contributed by atoms with E-state index >= 15 is 0 Å². The van der Waals surface area contributed by atoms with Crippen LogP contribution in [-0.4, -0.2) is 33.0 Å². The summed E-state index contributed by atoms with van der Waals surface area (Å²) in [6, 6.07) is 3.61. The van der Waals surface area contributed by atoms with Gasteiger partial charge in [-0.3, -0.25) is 9.89 Å². The van der Waals surface area contributed by atoms with E-state index in [1.54, 1.807) is 13.1 Å². The van der Waals surface area contributed by atoms with Gasteiger partial charge in [0.05, 0.1) is 6.54 Å². The molecule has 2 rings (SSSR count). The van der Waals surface area contributed by atoms with Gasteiger partial charge in [-0.25, -0.2) is 4.98 Å². The molecule has 6 nitrogen and oxygen atoms in total. The summed E-state index contributed by atoms with van der Waals surface area (Å²) >= 11 is 3.22. The fourth-order valence-electron chi connectivity index (χ4n) is 1.65. The van der Waals surface area contributed by atoms with Gasteiger partial charge < -0.3 is 9.32 Å². The van der Waals surface area contributed by atoms with E-state index in [2.05, 4.69) is 31.1 Å². The third-order valence-corrected chi connectivity index (χ3v) is 3.00. The summed E-state index contributed by atoms with van der Waals surface area (Å²) < 4.78 is 6.00. The van der Waals surface area contributed by atoms with Gasteiger partial charge in [0, 0.05) is 13.5 Å². The topological polar surface area (TPSA) is 75.0 Å². The zero-order chi connectivity index (χ0) is 13.8. The minimum atomic E-state index is -0.230.